The van der Waals surface area contributed by atoms with Crippen LogP contribution in [0.3, 0.4) is 0 Å². The average molecular weight is 1260 g/mol. The molecule has 15 aromatic rings. The lowest BCUT2D eigenvalue weighted by molar-refractivity contribution is 1.20. The van der Waals surface area contributed by atoms with Crippen LogP contribution in [0.1, 0.15) is 0 Å². The van der Waals surface area contributed by atoms with Gasteiger partial charge < -0.3 is 34.3 Å². The maximum atomic E-state index is 2.74. The molecule has 0 saturated carbocycles. The summed E-state index contributed by atoms with van der Waals surface area (Å²) in [6.45, 7) is -0.645. The first-order chi connectivity index (χ1) is 49.2. The maximum Gasteiger partial charge on any atom is 0.254 e. The van der Waals surface area contributed by atoms with Crippen molar-refractivity contribution in [2.24, 2.45) is 0 Å². The normalized spacial score (nSPS) is 12.5. The smallest absolute Gasteiger partial charge is 0.254 e. The van der Waals surface area contributed by atoms with E-state index in [0.29, 0.717) is 0 Å². The molecular weight excluding hydrogens is 1200 g/mol. The number of fused-ring (bicyclic) bond motifs is 9. The molecule has 0 atom stereocenters. The van der Waals surface area contributed by atoms with Gasteiger partial charge in [-0.3, -0.25) is 0 Å². The van der Waals surface area contributed by atoms with Gasteiger partial charge in [-0.2, -0.15) is 0 Å². The van der Waals surface area contributed by atoms with Gasteiger partial charge >= 0.3 is 0 Å². The Morgan fingerprint density at radius 1 is 0.182 bits per heavy atom. The van der Waals surface area contributed by atoms with Crippen molar-refractivity contribution in [2.75, 3.05) is 34.3 Å². The molecule has 0 unspecified atom stereocenters. The number of anilines is 21. The topological polar surface area (TPSA) is 22.7 Å². The monoisotopic (exact) mass is 1260 g/mol. The summed E-state index contributed by atoms with van der Waals surface area (Å²) in [6, 6.07) is 141. The molecule has 0 fully saturated rings. The van der Waals surface area contributed by atoms with Gasteiger partial charge in [-0.1, -0.05) is 218 Å². The molecular formula is C90H63B2N7. The van der Waals surface area contributed by atoms with Crippen LogP contribution in [-0.2, 0) is 0 Å². The summed E-state index contributed by atoms with van der Waals surface area (Å²) in [5.41, 5.74) is 29.7. The first-order valence-electron chi connectivity index (χ1n) is 34.1. The summed E-state index contributed by atoms with van der Waals surface area (Å²) in [5.74, 6) is 0. The zero-order chi connectivity index (χ0) is 65.3. The van der Waals surface area contributed by atoms with Gasteiger partial charge in [0.1, 0.15) is 0 Å². The predicted octanol–water partition coefficient (Wildman–Crippen LogP) is 20.3. The van der Waals surface area contributed by atoms with E-state index in [2.05, 4.69) is 416 Å². The van der Waals surface area contributed by atoms with E-state index in [1.807, 2.05) is 0 Å². The Morgan fingerprint density at radius 3 is 0.808 bits per heavy atom. The average Bonchev–Trinajstić information content (AvgIpc) is 0.663. The highest BCUT2D eigenvalue weighted by atomic mass is 15.3. The van der Waals surface area contributed by atoms with Gasteiger partial charge in [0.2, 0.25) is 0 Å². The standard InChI is InChI=1S/C90H63B2N7/c1-11-35-64(36-12-1)93(65-37-13-2-14-38-65)74-59-80(95(68-43-19-5-20-44-68)69-45-21-6-22-46-69)86-82(61-74)99-83-62-75(94(66-39-15-3-16-40-66)67-41-17-4-18-42-67)60-81-87(83)92(76-55-31-33-57-78(76)97(81)72-51-27-9-28-52-72)88-84(96(70-47-23-7-24-48-70)71-49-25-8-26-50-71)63-85-89(90(88)99)91(86)77-56-32-34-58-79(77)98(85)73-53-29-10-30-54-73/h1-63H. The summed E-state index contributed by atoms with van der Waals surface area (Å²) in [6.07, 6.45) is 0. The maximum absolute atomic E-state index is 2.74. The quantitative estimate of drug-likeness (QED) is 0.1000. The van der Waals surface area contributed by atoms with Crippen LogP contribution in [0.2, 0.25) is 0 Å². The van der Waals surface area contributed by atoms with E-state index < -0.39 is 0 Å². The predicted molar refractivity (Wildman–Crippen MR) is 419 cm³/mol. The summed E-state index contributed by atoms with van der Waals surface area (Å²) >= 11 is 0. The third-order valence-corrected chi connectivity index (χ3v) is 20.0. The van der Waals surface area contributed by atoms with Gasteiger partial charge in [0, 0.05) is 108 Å². The van der Waals surface area contributed by atoms with E-state index in [-0.39, 0.29) is 13.4 Å². The summed E-state index contributed by atoms with van der Waals surface area (Å²) in [5, 5.41) is 0. The van der Waals surface area contributed by atoms with E-state index in [9.17, 15) is 0 Å². The van der Waals surface area contributed by atoms with Crippen LogP contribution in [-0.4, -0.2) is 13.4 Å². The number of rotatable bonds is 14. The van der Waals surface area contributed by atoms with Gasteiger partial charge in [0.05, 0.1) is 11.4 Å². The van der Waals surface area contributed by atoms with Gasteiger partial charge in [-0.25, -0.2) is 0 Å². The fourth-order valence-corrected chi connectivity index (χ4v) is 16.1. The molecule has 7 nitrogen and oxygen atoms in total. The molecule has 4 heterocycles. The number of hydrogen-bond acceptors (Lipinski definition) is 7. The lowest BCUT2D eigenvalue weighted by atomic mass is 9.28. The Balaban J connectivity index is 1.05. The van der Waals surface area contributed by atoms with E-state index in [4.69, 9.17) is 0 Å². The Labute approximate surface area is 578 Å². The van der Waals surface area contributed by atoms with Crippen molar-refractivity contribution < 1.29 is 0 Å². The molecule has 0 saturated heterocycles. The summed E-state index contributed by atoms with van der Waals surface area (Å²) in [4.78, 5) is 17.8. The molecule has 0 aliphatic carbocycles. The molecule has 0 radical (unpaired) electrons. The number of nitrogens with zero attached hydrogens (tertiary/aromatic N) is 7. The largest absolute Gasteiger partial charge is 0.312 e. The zero-order valence-corrected chi connectivity index (χ0v) is 54.2. The third-order valence-electron chi connectivity index (χ3n) is 20.0. The van der Waals surface area contributed by atoms with E-state index in [1.165, 1.54) is 32.8 Å². The molecule has 9 heteroatoms. The molecule has 4 aliphatic heterocycles. The van der Waals surface area contributed by atoms with Crippen LogP contribution in [0.5, 0.6) is 0 Å². The van der Waals surface area contributed by atoms with Crippen LogP contribution in [0.4, 0.5) is 119 Å². The molecule has 0 N–H and O–H groups in total. The first kappa shape index (κ1) is 57.5. The SMILES string of the molecule is c1ccc(N(c2ccccc2)c2cc(N(c3ccccc3)c3ccccc3)c3c(c2)N2c4cc(N(c5ccccc5)c5ccccc5)cc5c4B(c4ccccc4N5c4ccccc4)c4c(N(c5ccccc5)c5ccccc5)cc5c(c42)B3c2ccccc2N5c2ccccc2)cc1. The first-order valence-corrected chi connectivity index (χ1v) is 34.1. The molecule has 464 valence electrons. The fourth-order valence-electron chi connectivity index (χ4n) is 16.1. The van der Waals surface area contributed by atoms with Crippen LogP contribution >= 0.6 is 0 Å². The minimum absolute atomic E-state index is 0.314. The highest BCUT2D eigenvalue weighted by Gasteiger charge is 2.54. The van der Waals surface area contributed by atoms with E-state index >= 15 is 0 Å². The fraction of sp³-hybridized carbons (Fsp3) is 0. The second-order valence-electron chi connectivity index (χ2n) is 25.6. The lowest BCUT2D eigenvalue weighted by Gasteiger charge is -2.52. The van der Waals surface area contributed by atoms with Crippen molar-refractivity contribution >= 4 is 166 Å². The molecule has 99 heavy (non-hydrogen) atoms. The number of hydrogen-bond donors (Lipinski definition) is 0. The molecule has 0 spiro atoms. The second-order valence-corrected chi connectivity index (χ2v) is 25.6. The van der Waals surface area contributed by atoms with Gasteiger partial charge in [0.25, 0.3) is 13.4 Å². The van der Waals surface area contributed by atoms with Gasteiger partial charge in [0.15, 0.2) is 0 Å². The van der Waals surface area contributed by atoms with Crippen molar-refractivity contribution in [1.29, 1.82) is 0 Å². The van der Waals surface area contributed by atoms with E-state index in [1.54, 1.807) is 0 Å². The second kappa shape index (κ2) is 24.0. The highest BCUT2D eigenvalue weighted by Crippen LogP contribution is 2.55. The van der Waals surface area contributed by atoms with Crippen molar-refractivity contribution in [3.8, 4) is 0 Å². The lowest BCUT2D eigenvalue weighted by Crippen LogP contribution is -2.69. The molecule has 0 aromatic heterocycles. The van der Waals surface area contributed by atoms with Gasteiger partial charge in [-0.15, -0.1) is 0 Å². The zero-order valence-electron chi connectivity index (χ0n) is 54.2. The Morgan fingerprint density at radius 2 is 0.444 bits per heavy atom. The Hall–Kier alpha value is -13.0. The molecule has 0 amide bonds. The summed E-state index contributed by atoms with van der Waals surface area (Å²) in [7, 11) is 0. The van der Waals surface area contributed by atoms with Gasteiger partial charge in [-0.05, 0) is 197 Å². The molecule has 0 bridgehead atoms. The van der Waals surface area contributed by atoms with Crippen LogP contribution in [0, 0.1) is 0 Å². The van der Waals surface area contributed by atoms with Crippen molar-refractivity contribution in [3.05, 3.63) is 382 Å². The van der Waals surface area contributed by atoms with Crippen molar-refractivity contribution in [2.45, 2.75) is 0 Å². The van der Waals surface area contributed by atoms with Crippen LogP contribution in [0.15, 0.2) is 382 Å². The third kappa shape index (κ3) is 9.45. The van der Waals surface area contributed by atoms with Crippen molar-refractivity contribution in [1.82, 2.24) is 0 Å². The summed E-state index contributed by atoms with van der Waals surface area (Å²) < 4.78 is 0. The molecule has 19 rings (SSSR count). The number of benzene rings is 15. The van der Waals surface area contributed by atoms with Crippen LogP contribution in [0.25, 0.3) is 0 Å². The van der Waals surface area contributed by atoms with E-state index in [0.717, 1.165) is 119 Å². The number of para-hydroxylation sites is 12. The minimum atomic E-state index is -0.332. The van der Waals surface area contributed by atoms with Crippen LogP contribution < -0.4 is 67.1 Å². The van der Waals surface area contributed by atoms with Crippen molar-refractivity contribution in [3.63, 3.8) is 0 Å². The Bertz CT molecular complexity index is 5320. The molecule has 4 aliphatic rings. The molecule has 15 aromatic carbocycles. The highest BCUT2D eigenvalue weighted by molar-refractivity contribution is 7.05. The Kier molecular flexibility index (Phi) is 14.0. The minimum Gasteiger partial charge on any atom is -0.312 e.